The van der Waals surface area contributed by atoms with Crippen molar-refractivity contribution in [1.29, 1.82) is 0 Å². The van der Waals surface area contributed by atoms with Crippen molar-refractivity contribution in [3.05, 3.63) is 63.5 Å². The molecule has 6 nitrogen and oxygen atoms in total. The van der Waals surface area contributed by atoms with Crippen LogP contribution >= 0.6 is 11.8 Å². The van der Waals surface area contributed by atoms with Crippen LogP contribution in [0, 0.1) is 15.9 Å². The lowest BCUT2D eigenvalue weighted by atomic mass is 9.84. The second-order valence-corrected chi connectivity index (χ2v) is 7.38. The van der Waals surface area contributed by atoms with Crippen molar-refractivity contribution in [3.8, 4) is 5.75 Å². The van der Waals surface area contributed by atoms with Gasteiger partial charge in [-0.25, -0.2) is 4.39 Å². The largest absolute Gasteiger partial charge is 0.495 e. The van der Waals surface area contributed by atoms with E-state index in [0.29, 0.717) is 16.2 Å². The Morgan fingerprint density at radius 1 is 1.33 bits per heavy atom. The molecule has 0 aliphatic heterocycles. The molecule has 8 heteroatoms. The van der Waals surface area contributed by atoms with Gasteiger partial charge in [0.2, 0.25) is 0 Å². The molecule has 0 aliphatic carbocycles. The summed E-state index contributed by atoms with van der Waals surface area (Å²) in [5.41, 5.74) is -0.635. The average molecular weight is 392 g/mol. The number of ether oxygens (including phenoxy) is 1. The van der Waals surface area contributed by atoms with Crippen molar-refractivity contribution in [2.75, 3.05) is 19.9 Å². The number of hydrogen-bond donors (Lipinski definition) is 1. The average Bonchev–Trinajstić information content (AvgIpc) is 2.65. The molecule has 0 aromatic heterocycles. The van der Waals surface area contributed by atoms with Gasteiger partial charge in [0.1, 0.15) is 17.1 Å². The highest BCUT2D eigenvalue weighted by atomic mass is 32.2. The molecule has 0 unspecified atom stereocenters. The number of carbonyl (C=O) groups excluding carboxylic acids is 1. The monoisotopic (exact) mass is 392 g/mol. The van der Waals surface area contributed by atoms with E-state index >= 15 is 0 Å². The molecule has 2 rings (SSSR count). The number of nitro benzene ring substituents is 1. The van der Waals surface area contributed by atoms with E-state index < -0.39 is 16.2 Å². The highest BCUT2D eigenvalue weighted by molar-refractivity contribution is 7.98. The van der Waals surface area contributed by atoms with E-state index in [0.717, 1.165) is 0 Å². The van der Waals surface area contributed by atoms with Crippen LogP contribution in [0.5, 0.6) is 5.75 Å². The SMILES string of the molecule is COc1cc([N+](=O)[O-])c(C(=O)NCC(C)(C)c2ccccc2F)cc1SC. The fourth-order valence-electron chi connectivity index (χ4n) is 2.70. The zero-order valence-corrected chi connectivity index (χ0v) is 16.4. The molecule has 0 heterocycles. The second-order valence-electron chi connectivity index (χ2n) is 6.53. The first-order chi connectivity index (χ1) is 12.7. The number of nitrogens with zero attached hydrogens (tertiary/aromatic N) is 1. The predicted octanol–water partition coefficient (Wildman–Crippen LogP) is 4.17. The van der Waals surface area contributed by atoms with E-state index in [4.69, 9.17) is 4.74 Å². The first-order valence-corrected chi connectivity index (χ1v) is 9.37. The number of halogens is 1. The van der Waals surface area contributed by atoms with Crippen molar-refractivity contribution in [1.82, 2.24) is 5.32 Å². The standard InChI is InChI=1S/C19H21FN2O4S/c1-19(2,13-7-5-6-8-14(13)20)11-21-18(23)12-9-17(27-4)16(26-3)10-15(12)22(24)25/h5-10H,11H2,1-4H3,(H,21,23). The van der Waals surface area contributed by atoms with Crippen LogP contribution < -0.4 is 10.1 Å². The summed E-state index contributed by atoms with van der Waals surface area (Å²) in [5, 5.41) is 14.1. The summed E-state index contributed by atoms with van der Waals surface area (Å²) in [6, 6.07) is 9.01. The highest BCUT2D eigenvalue weighted by Crippen LogP contribution is 2.34. The lowest BCUT2D eigenvalue weighted by molar-refractivity contribution is -0.385. The van der Waals surface area contributed by atoms with Crippen LogP contribution in [0.3, 0.4) is 0 Å². The van der Waals surface area contributed by atoms with Gasteiger partial charge in [-0.2, -0.15) is 0 Å². The molecule has 0 atom stereocenters. The summed E-state index contributed by atoms with van der Waals surface area (Å²) in [5.74, 6) is -0.627. The Hall–Kier alpha value is -2.61. The maximum absolute atomic E-state index is 14.1. The summed E-state index contributed by atoms with van der Waals surface area (Å²) in [6.07, 6.45) is 1.78. The first-order valence-electron chi connectivity index (χ1n) is 8.15. The second kappa shape index (κ2) is 8.39. The molecule has 0 saturated heterocycles. The van der Waals surface area contributed by atoms with E-state index in [1.165, 1.54) is 37.1 Å². The van der Waals surface area contributed by atoms with Crippen molar-refractivity contribution in [2.24, 2.45) is 0 Å². The minimum absolute atomic E-state index is 0.0607. The Bertz CT molecular complexity index is 871. The normalized spacial score (nSPS) is 11.1. The smallest absolute Gasteiger partial charge is 0.285 e. The number of methoxy groups -OCH3 is 1. The van der Waals surface area contributed by atoms with Gasteiger partial charge in [0.15, 0.2) is 0 Å². The molecule has 144 valence electrons. The molecule has 27 heavy (non-hydrogen) atoms. The molecule has 0 saturated carbocycles. The van der Waals surface area contributed by atoms with E-state index in [-0.39, 0.29) is 23.6 Å². The summed E-state index contributed by atoms with van der Waals surface area (Å²) >= 11 is 1.32. The number of amides is 1. The fraction of sp³-hybridized carbons (Fsp3) is 0.316. The molecule has 0 radical (unpaired) electrons. The minimum Gasteiger partial charge on any atom is -0.495 e. The number of rotatable bonds is 7. The molecule has 0 fully saturated rings. The summed E-state index contributed by atoms with van der Waals surface area (Å²) in [6.45, 7) is 3.70. The Kier molecular flexibility index (Phi) is 6.43. The molecule has 0 bridgehead atoms. The van der Waals surface area contributed by atoms with Gasteiger partial charge in [-0.15, -0.1) is 11.8 Å². The lowest BCUT2D eigenvalue weighted by Gasteiger charge is -2.26. The van der Waals surface area contributed by atoms with Crippen molar-refractivity contribution >= 4 is 23.4 Å². The molecule has 0 spiro atoms. The molecule has 1 amide bonds. The van der Waals surface area contributed by atoms with Gasteiger partial charge >= 0.3 is 0 Å². The van der Waals surface area contributed by atoms with Crippen molar-refractivity contribution in [3.63, 3.8) is 0 Å². The van der Waals surface area contributed by atoms with Crippen LogP contribution in [0.25, 0.3) is 0 Å². The van der Waals surface area contributed by atoms with Crippen LogP contribution in [0.1, 0.15) is 29.8 Å². The third-order valence-electron chi connectivity index (χ3n) is 4.24. The summed E-state index contributed by atoms with van der Waals surface area (Å²) in [7, 11) is 1.41. The molecule has 2 aromatic carbocycles. The zero-order valence-electron chi connectivity index (χ0n) is 15.5. The number of hydrogen-bond acceptors (Lipinski definition) is 5. The third kappa shape index (κ3) is 4.57. The van der Waals surface area contributed by atoms with Crippen LogP contribution in [0.15, 0.2) is 41.3 Å². The van der Waals surface area contributed by atoms with Gasteiger partial charge in [-0.3, -0.25) is 14.9 Å². The highest BCUT2D eigenvalue weighted by Gasteiger charge is 2.28. The quantitative estimate of drug-likeness (QED) is 0.434. The molecular weight excluding hydrogens is 371 g/mol. The Balaban J connectivity index is 2.30. The third-order valence-corrected chi connectivity index (χ3v) is 5.00. The molecular formula is C19H21FN2O4S. The Labute approximate surface area is 161 Å². The van der Waals surface area contributed by atoms with Gasteiger partial charge in [0.25, 0.3) is 11.6 Å². The Morgan fingerprint density at radius 3 is 2.56 bits per heavy atom. The van der Waals surface area contributed by atoms with Gasteiger partial charge in [-0.05, 0) is 24.0 Å². The van der Waals surface area contributed by atoms with E-state index in [9.17, 15) is 19.3 Å². The van der Waals surface area contributed by atoms with Crippen LogP contribution in [-0.2, 0) is 5.41 Å². The van der Waals surface area contributed by atoms with E-state index in [1.807, 2.05) is 0 Å². The van der Waals surface area contributed by atoms with Gasteiger partial charge in [0.05, 0.1) is 23.0 Å². The zero-order chi connectivity index (χ0) is 20.2. The summed E-state index contributed by atoms with van der Waals surface area (Å²) in [4.78, 5) is 24.0. The van der Waals surface area contributed by atoms with Crippen LogP contribution in [0.4, 0.5) is 10.1 Å². The molecule has 1 N–H and O–H groups in total. The van der Waals surface area contributed by atoms with E-state index in [2.05, 4.69) is 5.32 Å². The number of nitrogens with one attached hydrogen (secondary N) is 1. The van der Waals surface area contributed by atoms with Gasteiger partial charge in [0, 0.05) is 12.0 Å². The molecule has 0 aliphatic rings. The topological polar surface area (TPSA) is 81.5 Å². The summed E-state index contributed by atoms with van der Waals surface area (Å²) < 4.78 is 19.2. The maximum atomic E-state index is 14.1. The van der Waals surface area contributed by atoms with Crippen molar-refractivity contribution in [2.45, 2.75) is 24.2 Å². The Morgan fingerprint density at radius 2 is 2.00 bits per heavy atom. The number of carbonyl (C=O) groups is 1. The van der Waals surface area contributed by atoms with Gasteiger partial charge in [-0.1, -0.05) is 32.0 Å². The van der Waals surface area contributed by atoms with E-state index in [1.54, 1.807) is 38.3 Å². The predicted molar refractivity (Wildman–Crippen MR) is 103 cm³/mol. The number of nitro groups is 1. The van der Waals surface area contributed by atoms with Gasteiger partial charge < -0.3 is 10.1 Å². The fourth-order valence-corrected chi connectivity index (χ4v) is 3.28. The minimum atomic E-state index is -0.690. The van der Waals surface area contributed by atoms with Crippen LogP contribution in [0.2, 0.25) is 0 Å². The first kappa shape index (κ1) is 20.7. The van der Waals surface area contributed by atoms with Crippen molar-refractivity contribution < 1.29 is 18.8 Å². The lowest BCUT2D eigenvalue weighted by Crippen LogP contribution is -2.37. The number of thioether (sulfide) groups is 1. The maximum Gasteiger partial charge on any atom is 0.285 e. The van der Waals surface area contributed by atoms with Crippen LogP contribution in [-0.4, -0.2) is 30.7 Å². The molecule has 2 aromatic rings. The number of benzene rings is 2.